The summed E-state index contributed by atoms with van der Waals surface area (Å²) in [4.78, 5) is 4.31. The third kappa shape index (κ3) is 3.02. The fourth-order valence-electron chi connectivity index (χ4n) is 1.94. The van der Waals surface area contributed by atoms with Crippen molar-refractivity contribution in [1.29, 1.82) is 0 Å². The molecule has 1 N–H and O–H groups in total. The number of ether oxygens (including phenoxy) is 1. The van der Waals surface area contributed by atoms with Gasteiger partial charge in [0, 0.05) is 16.0 Å². The Balaban J connectivity index is 1.71. The number of halogens is 1. The zero-order chi connectivity index (χ0) is 14.1. The topological polar surface area (TPSA) is 68.4 Å². The molecule has 0 aliphatic heterocycles. The quantitative estimate of drug-likeness (QED) is 0.905. The van der Waals surface area contributed by atoms with E-state index < -0.39 is 6.10 Å². The highest BCUT2D eigenvalue weighted by atomic mass is 79.9. The van der Waals surface area contributed by atoms with E-state index in [0.29, 0.717) is 23.4 Å². The number of benzene rings is 1. The van der Waals surface area contributed by atoms with Crippen LogP contribution in [0.3, 0.4) is 0 Å². The fraction of sp³-hybridized carbons (Fsp3) is 0.429. The van der Waals surface area contributed by atoms with Gasteiger partial charge in [-0.1, -0.05) is 27.2 Å². The molecule has 0 bridgehead atoms. The summed E-state index contributed by atoms with van der Waals surface area (Å²) in [6.45, 7) is 1.93. The third-order valence-corrected chi connectivity index (χ3v) is 3.69. The van der Waals surface area contributed by atoms with Crippen LogP contribution < -0.4 is 4.74 Å². The van der Waals surface area contributed by atoms with Crippen LogP contribution in [-0.4, -0.2) is 15.2 Å². The second-order valence-electron chi connectivity index (χ2n) is 4.97. The SMILES string of the molecule is CC(O)c1ccc(Br)cc1OCc1noc(C2CC2)n1. The number of aliphatic hydroxyl groups excluding tert-OH is 1. The minimum atomic E-state index is -0.592. The van der Waals surface area contributed by atoms with Crippen LogP contribution in [0.25, 0.3) is 0 Å². The number of hydrogen-bond acceptors (Lipinski definition) is 5. The Morgan fingerprint density at radius 1 is 1.50 bits per heavy atom. The minimum Gasteiger partial charge on any atom is -0.485 e. The van der Waals surface area contributed by atoms with Gasteiger partial charge in [-0.05, 0) is 31.9 Å². The van der Waals surface area contributed by atoms with Crippen molar-refractivity contribution >= 4 is 15.9 Å². The van der Waals surface area contributed by atoms with Gasteiger partial charge in [-0.3, -0.25) is 0 Å². The maximum Gasteiger partial charge on any atom is 0.229 e. The highest BCUT2D eigenvalue weighted by Crippen LogP contribution is 2.38. The molecule has 1 aliphatic rings. The Morgan fingerprint density at radius 2 is 2.30 bits per heavy atom. The van der Waals surface area contributed by atoms with E-state index in [9.17, 15) is 5.11 Å². The van der Waals surface area contributed by atoms with Gasteiger partial charge < -0.3 is 14.4 Å². The van der Waals surface area contributed by atoms with E-state index in [4.69, 9.17) is 9.26 Å². The Hall–Kier alpha value is -1.40. The lowest BCUT2D eigenvalue weighted by molar-refractivity contribution is 0.189. The standard InChI is InChI=1S/C14H15BrN2O3/c1-8(18)11-5-4-10(15)6-12(11)19-7-13-16-14(20-17-13)9-2-3-9/h4-6,8-9,18H,2-3,7H2,1H3. The van der Waals surface area contributed by atoms with Gasteiger partial charge in [-0.2, -0.15) is 4.98 Å². The van der Waals surface area contributed by atoms with E-state index in [1.165, 1.54) is 0 Å². The molecular formula is C14H15BrN2O3. The van der Waals surface area contributed by atoms with Crippen LogP contribution in [0.15, 0.2) is 27.2 Å². The number of aliphatic hydroxyl groups is 1. The number of nitrogens with zero attached hydrogens (tertiary/aromatic N) is 2. The summed E-state index contributed by atoms with van der Waals surface area (Å²) >= 11 is 3.39. The van der Waals surface area contributed by atoms with Crippen molar-refractivity contribution in [3.05, 3.63) is 40.0 Å². The van der Waals surface area contributed by atoms with E-state index in [0.717, 1.165) is 22.9 Å². The van der Waals surface area contributed by atoms with Gasteiger partial charge in [0.05, 0.1) is 6.10 Å². The number of hydrogen-bond donors (Lipinski definition) is 1. The lowest BCUT2D eigenvalue weighted by atomic mass is 10.1. The number of rotatable bonds is 5. The highest BCUT2D eigenvalue weighted by Gasteiger charge is 2.29. The molecule has 3 rings (SSSR count). The molecular weight excluding hydrogens is 324 g/mol. The average Bonchev–Trinajstić information content (AvgIpc) is 3.15. The summed E-state index contributed by atoms with van der Waals surface area (Å²) in [5.41, 5.74) is 0.735. The molecule has 1 heterocycles. The zero-order valence-electron chi connectivity index (χ0n) is 11.0. The van der Waals surface area contributed by atoms with E-state index in [2.05, 4.69) is 26.1 Å². The number of aromatic nitrogens is 2. The van der Waals surface area contributed by atoms with Crippen LogP contribution in [0.1, 0.15) is 49.1 Å². The normalized spacial score (nSPS) is 16.1. The second kappa shape index (κ2) is 5.54. The van der Waals surface area contributed by atoms with Crippen LogP contribution in [0, 0.1) is 0 Å². The van der Waals surface area contributed by atoms with Crippen molar-refractivity contribution in [2.45, 2.75) is 38.4 Å². The molecule has 1 fully saturated rings. The lowest BCUT2D eigenvalue weighted by Crippen LogP contribution is -2.02. The smallest absolute Gasteiger partial charge is 0.229 e. The monoisotopic (exact) mass is 338 g/mol. The summed E-state index contributed by atoms with van der Waals surface area (Å²) in [5.74, 6) is 2.29. The Kier molecular flexibility index (Phi) is 3.76. The van der Waals surface area contributed by atoms with Gasteiger partial charge in [-0.25, -0.2) is 0 Å². The lowest BCUT2D eigenvalue weighted by Gasteiger charge is -2.12. The van der Waals surface area contributed by atoms with Crippen LogP contribution in [-0.2, 0) is 6.61 Å². The molecule has 1 saturated carbocycles. The first-order valence-electron chi connectivity index (χ1n) is 6.56. The molecule has 1 aliphatic carbocycles. The van der Waals surface area contributed by atoms with Crippen molar-refractivity contribution in [3.63, 3.8) is 0 Å². The summed E-state index contributed by atoms with van der Waals surface area (Å²) in [6.07, 6.45) is 1.66. The molecule has 106 valence electrons. The first-order valence-corrected chi connectivity index (χ1v) is 7.35. The van der Waals surface area contributed by atoms with Crippen molar-refractivity contribution in [1.82, 2.24) is 10.1 Å². The second-order valence-corrected chi connectivity index (χ2v) is 5.89. The summed E-state index contributed by atoms with van der Waals surface area (Å²) < 4.78 is 11.8. The molecule has 0 amide bonds. The Morgan fingerprint density at radius 3 is 3.00 bits per heavy atom. The molecule has 20 heavy (non-hydrogen) atoms. The van der Waals surface area contributed by atoms with Crippen LogP contribution in [0.5, 0.6) is 5.75 Å². The summed E-state index contributed by atoms with van der Waals surface area (Å²) in [7, 11) is 0. The van der Waals surface area contributed by atoms with Crippen molar-refractivity contribution in [2.75, 3.05) is 0 Å². The molecule has 1 aromatic heterocycles. The van der Waals surface area contributed by atoms with E-state index >= 15 is 0 Å². The molecule has 0 radical (unpaired) electrons. The third-order valence-electron chi connectivity index (χ3n) is 3.19. The van der Waals surface area contributed by atoms with E-state index in [1.807, 2.05) is 18.2 Å². The largest absolute Gasteiger partial charge is 0.485 e. The predicted octanol–water partition coefficient (Wildman–Crippen LogP) is 3.34. The molecule has 2 aromatic rings. The van der Waals surface area contributed by atoms with E-state index in [1.54, 1.807) is 6.92 Å². The van der Waals surface area contributed by atoms with Gasteiger partial charge in [0.1, 0.15) is 5.75 Å². The Bertz CT molecular complexity index is 608. The average molecular weight is 339 g/mol. The van der Waals surface area contributed by atoms with Crippen molar-refractivity contribution in [2.24, 2.45) is 0 Å². The minimum absolute atomic E-state index is 0.229. The van der Waals surface area contributed by atoms with E-state index in [-0.39, 0.29) is 6.61 Å². The first-order chi connectivity index (χ1) is 9.63. The maximum atomic E-state index is 9.73. The molecule has 6 heteroatoms. The maximum absolute atomic E-state index is 9.73. The van der Waals surface area contributed by atoms with Crippen LogP contribution in [0.4, 0.5) is 0 Å². The van der Waals surface area contributed by atoms with Crippen molar-refractivity contribution < 1.29 is 14.4 Å². The molecule has 1 atom stereocenters. The highest BCUT2D eigenvalue weighted by molar-refractivity contribution is 9.10. The first kappa shape index (κ1) is 13.6. The van der Waals surface area contributed by atoms with Crippen LogP contribution >= 0.6 is 15.9 Å². The molecule has 1 unspecified atom stereocenters. The molecule has 1 aromatic carbocycles. The van der Waals surface area contributed by atoms with Gasteiger partial charge in [-0.15, -0.1) is 0 Å². The fourth-order valence-corrected chi connectivity index (χ4v) is 2.28. The zero-order valence-corrected chi connectivity index (χ0v) is 12.6. The Labute approximate surface area is 125 Å². The van der Waals surface area contributed by atoms with Gasteiger partial charge >= 0.3 is 0 Å². The molecule has 0 spiro atoms. The van der Waals surface area contributed by atoms with Gasteiger partial charge in [0.2, 0.25) is 11.7 Å². The van der Waals surface area contributed by atoms with Crippen molar-refractivity contribution in [3.8, 4) is 5.75 Å². The van der Waals surface area contributed by atoms with Gasteiger partial charge in [0.15, 0.2) is 6.61 Å². The summed E-state index contributed by atoms with van der Waals surface area (Å²) in [5, 5.41) is 13.6. The van der Waals surface area contributed by atoms with Gasteiger partial charge in [0.25, 0.3) is 0 Å². The molecule has 5 nitrogen and oxygen atoms in total. The predicted molar refractivity (Wildman–Crippen MR) is 75.4 cm³/mol. The molecule has 0 saturated heterocycles. The summed E-state index contributed by atoms with van der Waals surface area (Å²) in [6, 6.07) is 5.52. The van der Waals surface area contributed by atoms with Crippen LogP contribution in [0.2, 0.25) is 0 Å².